The number of aliphatic hydroxyl groups excluding tert-OH is 1. The summed E-state index contributed by atoms with van der Waals surface area (Å²) in [6.45, 7) is 4.26. The summed E-state index contributed by atoms with van der Waals surface area (Å²) in [5, 5.41) is 10.6. The standard InChI is InChI=1S/C16H22N2O2S2/c1-10-11(2)22-14-13(10)15(20)18(12-6-3-4-7-12)16(17-14)21-9-5-8-19/h12,19H,3-9H2,1-2H3. The summed E-state index contributed by atoms with van der Waals surface area (Å²) in [6, 6.07) is 0.292. The van der Waals surface area contributed by atoms with E-state index >= 15 is 0 Å². The molecule has 6 heteroatoms. The molecular weight excluding hydrogens is 316 g/mol. The Morgan fingerprint density at radius 3 is 2.77 bits per heavy atom. The lowest BCUT2D eigenvalue weighted by Gasteiger charge is -2.17. The van der Waals surface area contributed by atoms with Crippen LogP contribution in [0.1, 0.15) is 48.6 Å². The molecule has 2 heterocycles. The van der Waals surface area contributed by atoms with E-state index in [2.05, 4.69) is 6.92 Å². The molecule has 0 atom stereocenters. The van der Waals surface area contributed by atoms with Gasteiger partial charge in [-0.25, -0.2) is 4.98 Å². The van der Waals surface area contributed by atoms with Crippen LogP contribution in [0.3, 0.4) is 0 Å². The maximum absolute atomic E-state index is 13.1. The highest BCUT2D eigenvalue weighted by Gasteiger charge is 2.24. The van der Waals surface area contributed by atoms with Crippen molar-refractivity contribution in [2.45, 2.75) is 57.1 Å². The Balaban J connectivity index is 2.13. The average Bonchev–Trinajstić information content (AvgIpc) is 3.09. The Morgan fingerprint density at radius 2 is 2.09 bits per heavy atom. The van der Waals surface area contributed by atoms with Gasteiger partial charge in [0.15, 0.2) is 5.16 Å². The highest BCUT2D eigenvalue weighted by molar-refractivity contribution is 7.99. The lowest BCUT2D eigenvalue weighted by molar-refractivity contribution is 0.296. The number of fused-ring (bicyclic) bond motifs is 1. The number of thioether (sulfide) groups is 1. The quantitative estimate of drug-likeness (QED) is 0.513. The number of aliphatic hydroxyl groups is 1. The third-order valence-electron chi connectivity index (χ3n) is 4.43. The maximum atomic E-state index is 13.1. The SMILES string of the molecule is Cc1sc2nc(SCCCO)n(C3CCCC3)c(=O)c2c1C. The van der Waals surface area contributed by atoms with Crippen molar-refractivity contribution < 1.29 is 5.11 Å². The Bertz CT molecular complexity index is 730. The lowest BCUT2D eigenvalue weighted by atomic mass is 10.2. The molecule has 1 saturated carbocycles. The summed E-state index contributed by atoms with van der Waals surface area (Å²) in [6.07, 6.45) is 5.26. The molecule has 0 spiro atoms. The summed E-state index contributed by atoms with van der Waals surface area (Å²) in [5.74, 6) is 0.796. The summed E-state index contributed by atoms with van der Waals surface area (Å²) in [7, 11) is 0. The minimum absolute atomic E-state index is 0.130. The van der Waals surface area contributed by atoms with E-state index in [4.69, 9.17) is 10.1 Å². The normalized spacial score (nSPS) is 16.0. The fourth-order valence-electron chi connectivity index (χ4n) is 3.10. The first-order valence-corrected chi connectivity index (χ1v) is 9.69. The van der Waals surface area contributed by atoms with Crippen LogP contribution in [0, 0.1) is 13.8 Å². The Morgan fingerprint density at radius 1 is 1.36 bits per heavy atom. The van der Waals surface area contributed by atoms with Gasteiger partial charge in [-0.3, -0.25) is 9.36 Å². The van der Waals surface area contributed by atoms with Gasteiger partial charge in [-0.2, -0.15) is 0 Å². The molecule has 120 valence electrons. The van der Waals surface area contributed by atoms with E-state index in [1.807, 2.05) is 11.5 Å². The zero-order valence-corrected chi connectivity index (χ0v) is 14.7. The van der Waals surface area contributed by atoms with Crippen LogP contribution < -0.4 is 5.56 Å². The van der Waals surface area contributed by atoms with Crippen LogP contribution in [0.25, 0.3) is 10.2 Å². The molecule has 1 fully saturated rings. The predicted octanol–water partition coefficient (Wildman–Crippen LogP) is 3.66. The highest BCUT2D eigenvalue weighted by Crippen LogP contribution is 2.34. The second kappa shape index (κ2) is 6.72. The molecule has 1 N–H and O–H groups in total. The molecule has 0 amide bonds. The monoisotopic (exact) mass is 338 g/mol. The van der Waals surface area contributed by atoms with Gasteiger partial charge in [0.25, 0.3) is 5.56 Å². The van der Waals surface area contributed by atoms with Gasteiger partial charge < -0.3 is 5.11 Å². The molecule has 0 bridgehead atoms. The van der Waals surface area contributed by atoms with Crippen molar-refractivity contribution in [1.82, 2.24) is 9.55 Å². The van der Waals surface area contributed by atoms with Gasteiger partial charge >= 0.3 is 0 Å². The van der Waals surface area contributed by atoms with Gasteiger partial charge in [-0.1, -0.05) is 24.6 Å². The predicted molar refractivity (Wildman–Crippen MR) is 93.3 cm³/mol. The first-order valence-electron chi connectivity index (χ1n) is 7.89. The number of hydrogen-bond donors (Lipinski definition) is 1. The molecule has 0 saturated heterocycles. The number of nitrogens with zero attached hydrogens (tertiary/aromatic N) is 2. The molecule has 4 nitrogen and oxygen atoms in total. The van der Waals surface area contributed by atoms with E-state index in [9.17, 15) is 4.79 Å². The van der Waals surface area contributed by atoms with Gasteiger partial charge in [0.2, 0.25) is 0 Å². The molecule has 1 aliphatic carbocycles. The number of aryl methyl sites for hydroxylation is 2. The Kier molecular flexibility index (Phi) is 4.90. The van der Waals surface area contributed by atoms with Crippen LogP contribution in [0.15, 0.2) is 9.95 Å². The minimum atomic E-state index is 0.130. The Hall–Kier alpha value is -0.850. The fraction of sp³-hybridized carbons (Fsp3) is 0.625. The summed E-state index contributed by atoms with van der Waals surface area (Å²) in [5.41, 5.74) is 1.21. The third-order valence-corrected chi connectivity index (χ3v) is 6.57. The highest BCUT2D eigenvalue weighted by atomic mass is 32.2. The zero-order valence-electron chi connectivity index (χ0n) is 13.1. The van der Waals surface area contributed by atoms with Crippen molar-refractivity contribution in [2.75, 3.05) is 12.4 Å². The molecule has 2 aromatic heterocycles. The maximum Gasteiger partial charge on any atom is 0.263 e. The summed E-state index contributed by atoms with van der Waals surface area (Å²) >= 11 is 3.21. The van der Waals surface area contributed by atoms with E-state index < -0.39 is 0 Å². The van der Waals surface area contributed by atoms with E-state index in [1.54, 1.807) is 23.1 Å². The van der Waals surface area contributed by atoms with Crippen LogP contribution in [-0.2, 0) is 0 Å². The average molecular weight is 338 g/mol. The van der Waals surface area contributed by atoms with Crippen LogP contribution in [-0.4, -0.2) is 27.0 Å². The number of aromatic nitrogens is 2. The molecule has 1 aliphatic rings. The number of thiophene rings is 1. The zero-order chi connectivity index (χ0) is 15.7. The van der Waals surface area contributed by atoms with Crippen molar-refractivity contribution in [3.8, 4) is 0 Å². The lowest BCUT2D eigenvalue weighted by Crippen LogP contribution is -2.26. The van der Waals surface area contributed by atoms with Gasteiger partial charge in [0.05, 0.1) is 5.39 Å². The van der Waals surface area contributed by atoms with E-state index in [0.29, 0.717) is 6.04 Å². The summed E-state index contributed by atoms with van der Waals surface area (Å²) < 4.78 is 1.94. The molecule has 22 heavy (non-hydrogen) atoms. The number of hydrogen-bond acceptors (Lipinski definition) is 5. The van der Waals surface area contributed by atoms with Crippen LogP contribution in [0.4, 0.5) is 0 Å². The number of rotatable bonds is 5. The van der Waals surface area contributed by atoms with Crippen molar-refractivity contribution >= 4 is 33.3 Å². The largest absolute Gasteiger partial charge is 0.396 e. The van der Waals surface area contributed by atoms with E-state index in [-0.39, 0.29) is 12.2 Å². The fourth-order valence-corrected chi connectivity index (χ4v) is 5.16. The third kappa shape index (κ3) is 2.84. The smallest absolute Gasteiger partial charge is 0.263 e. The second-order valence-corrected chi connectivity index (χ2v) is 8.16. The van der Waals surface area contributed by atoms with Crippen molar-refractivity contribution in [3.05, 3.63) is 20.8 Å². The second-order valence-electron chi connectivity index (χ2n) is 5.90. The topological polar surface area (TPSA) is 55.1 Å². The Labute approximate surface area is 138 Å². The van der Waals surface area contributed by atoms with Crippen LogP contribution in [0.5, 0.6) is 0 Å². The van der Waals surface area contributed by atoms with E-state index in [0.717, 1.165) is 46.0 Å². The van der Waals surface area contributed by atoms with Crippen LogP contribution in [0.2, 0.25) is 0 Å². The van der Waals surface area contributed by atoms with Crippen molar-refractivity contribution in [1.29, 1.82) is 0 Å². The van der Waals surface area contributed by atoms with Gasteiger partial charge in [-0.05, 0) is 38.7 Å². The van der Waals surface area contributed by atoms with Crippen molar-refractivity contribution in [2.24, 2.45) is 0 Å². The molecule has 0 aromatic carbocycles. The first-order chi connectivity index (χ1) is 10.6. The van der Waals surface area contributed by atoms with E-state index in [1.165, 1.54) is 17.7 Å². The molecule has 0 aliphatic heterocycles. The molecule has 0 radical (unpaired) electrons. The first kappa shape index (κ1) is 16.0. The van der Waals surface area contributed by atoms with Gasteiger partial charge in [0.1, 0.15) is 4.83 Å². The molecule has 2 aromatic rings. The van der Waals surface area contributed by atoms with Crippen LogP contribution >= 0.6 is 23.1 Å². The molecule has 0 unspecified atom stereocenters. The van der Waals surface area contributed by atoms with Gasteiger partial charge in [0, 0.05) is 23.3 Å². The molecular formula is C16H22N2O2S2. The van der Waals surface area contributed by atoms with Crippen molar-refractivity contribution in [3.63, 3.8) is 0 Å². The summed E-state index contributed by atoms with van der Waals surface area (Å²) in [4.78, 5) is 19.9. The van der Waals surface area contributed by atoms with Gasteiger partial charge in [-0.15, -0.1) is 11.3 Å². The molecule has 3 rings (SSSR count). The minimum Gasteiger partial charge on any atom is -0.396 e.